The van der Waals surface area contributed by atoms with E-state index in [-0.39, 0.29) is 13.2 Å². The molecule has 0 rings (SSSR count). The van der Waals surface area contributed by atoms with Crippen LogP contribution in [0, 0.1) is 0 Å². The number of hydrogen-bond acceptors (Lipinski definition) is 5. The van der Waals surface area contributed by atoms with E-state index in [0.29, 0.717) is 26.4 Å². The topological polar surface area (TPSA) is 68.2 Å². The molecule has 0 saturated carbocycles. The summed E-state index contributed by atoms with van der Waals surface area (Å²) in [6.07, 6.45) is 9.71. The molecule has 0 aromatic heterocycles. The maximum absolute atomic E-state index is 9.04. The number of aliphatic hydroxyl groups excluding tert-OH is 2. The van der Waals surface area contributed by atoms with E-state index in [0.717, 1.165) is 13.0 Å². The Morgan fingerprint density at radius 2 is 1.18 bits per heavy atom. The van der Waals surface area contributed by atoms with E-state index < -0.39 is 6.10 Å². The lowest BCUT2D eigenvalue weighted by molar-refractivity contribution is -0.0229. The molecule has 0 aromatic rings. The van der Waals surface area contributed by atoms with Gasteiger partial charge >= 0.3 is 0 Å². The first-order chi connectivity index (χ1) is 10.8. The van der Waals surface area contributed by atoms with Crippen LogP contribution in [0.5, 0.6) is 0 Å². The predicted octanol–water partition coefficient (Wildman–Crippen LogP) is 2.53. The molecule has 0 aromatic carbocycles. The zero-order valence-electron chi connectivity index (χ0n) is 14.3. The summed E-state index contributed by atoms with van der Waals surface area (Å²) in [5.41, 5.74) is 0. The molecule has 134 valence electrons. The van der Waals surface area contributed by atoms with Crippen molar-refractivity contribution in [1.29, 1.82) is 0 Å². The first kappa shape index (κ1) is 21.8. The minimum atomic E-state index is -0.796. The quantitative estimate of drug-likeness (QED) is 0.380. The molecule has 0 radical (unpaired) electrons. The van der Waals surface area contributed by atoms with Crippen LogP contribution >= 0.6 is 0 Å². The van der Waals surface area contributed by atoms with Gasteiger partial charge in [-0.25, -0.2) is 0 Å². The van der Waals surface area contributed by atoms with Crippen LogP contribution in [-0.4, -0.2) is 62.6 Å². The van der Waals surface area contributed by atoms with Gasteiger partial charge in [0.1, 0.15) is 6.10 Å². The van der Waals surface area contributed by atoms with Gasteiger partial charge in [-0.3, -0.25) is 0 Å². The third-order valence-electron chi connectivity index (χ3n) is 3.41. The number of rotatable bonds is 18. The van der Waals surface area contributed by atoms with Crippen molar-refractivity contribution in [1.82, 2.24) is 0 Å². The highest BCUT2D eigenvalue weighted by Gasteiger charge is 2.00. The highest BCUT2D eigenvalue weighted by Crippen LogP contribution is 2.08. The van der Waals surface area contributed by atoms with Gasteiger partial charge in [0.25, 0.3) is 0 Å². The van der Waals surface area contributed by atoms with Crippen LogP contribution in [0.4, 0.5) is 0 Å². The van der Waals surface area contributed by atoms with Crippen molar-refractivity contribution in [3.8, 4) is 0 Å². The van der Waals surface area contributed by atoms with Crippen LogP contribution < -0.4 is 0 Å². The Balaban J connectivity index is 2.97. The van der Waals surface area contributed by atoms with E-state index in [9.17, 15) is 0 Å². The summed E-state index contributed by atoms with van der Waals surface area (Å²) in [6, 6.07) is 0. The van der Waals surface area contributed by atoms with Gasteiger partial charge in [0.05, 0.1) is 39.6 Å². The second-order valence-electron chi connectivity index (χ2n) is 5.61. The summed E-state index contributed by atoms with van der Waals surface area (Å²) < 4.78 is 16.0. The Morgan fingerprint density at radius 1 is 0.682 bits per heavy atom. The summed E-state index contributed by atoms with van der Waals surface area (Å²) in [5.74, 6) is 0. The van der Waals surface area contributed by atoms with Crippen molar-refractivity contribution in [3.63, 3.8) is 0 Å². The number of unbranched alkanes of at least 4 members (excludes halogenated alkanes) is 7. The Hall–Kier alpha value is -0.200. The molecule has 5 heteroatoms. The molecule has 22 heavy (non-hydrogen) atoms. The number of hydrogen-bond donors (Lipinski definition) is 2. The standard InChI is InChI=1S/C17H36O5/c1-2-3-4-5-6-7-8-9-10-20-11-12-21-13-14-22-16-17(19)15-18/h17-19H,2-16H2,1H3/t17-/m0/s1. The summed E-state index contributed by atoms with van der Waals surface area (Å²) in [5, 5.41) is 17.6. The summed E-state index contributed by atoms with van der Waals surface area (Å²) in [4.78, 5) is 0. The Kier molecular flexibility index (Phi) is 18.7. The maximum atomic E-state index is 9.04. The van der Waals surface area contributed by atoms with Crippen LogP contribution in [0.2, 0.25) is 0 Å². The minimum absolute atomic E-state index is 0.148. The molecule has 0 saturated heterocycles. The summed E-state index contributed by atoms with van der Waals surface area (Å²) >= 11 is 0. The van der Waals surface area contributed by atoms with Gasteiger partial charge < -0.3 is 24.4 Å². The summed E-state index contributed by atoms with van der Waals surface area (Å²) in [7, 11) is 0. The maximum Gasteiger partial charge on any atom is 0.100 e. The molecule has 0 aliphatic heterocycles. The van der Waals surface area contributed by atoms with E-state index >= 15 is 0 Å². The van der Waals surface area contributed by atoms with Crippen LogP contribution in [0.15, 0.2) is 0 Å². The fraction of sp³-hybridized carbons (Fsp3) is 1.00. The molecule has 0 bridgehead atoms. The van der Waals surface area contributed by atoms with Gasteiger partial charge in [-0.1, -0.05) is 51.9 Å². The predicted molar refractivity (Wildman–Crippen MR) is 88.2 cm³/mol. The minimum Gasteiger partial charge on any atom is -0.394 e. The molecule has 0 amide bonds. The fourth-order valence-electron chi connectivity index (χ4n) is 2.05. The average Bonchev–Trinajstić information content (AvgIpc) is 2.54. The SMILES string of the molecule is CCCCCCCCCCOCCOCCOC[C@@H](O)CO. The molecule has 0 fully saturated rings. The Morgan fingerprint density at radius 3 is 1.77 bits per heavy atom. The first-order valence-electron chi connectivity index (χ1n) is 8.83. The van der Waals surface area contributed by atoms with Crippen molar-refractivity contribution >= 4 is 0 Å². The molecular weight excluding hydrogens is 284 g/mol. The molecule has 1 atom stereocenters. The van der Waals surface area contributed by atoms with E-state index in [2.05, 4.69) is 6.92 Å². The van der Waals surface area contributed by atoms with E-state index in [4.69, 9.17) is 24.4 Å². The zero-order chi connectivity index (χ0) is 16.3. The lowest BCUT2D eigenvalue weighted by Gasteiger charge is -2.09. The van der Waals surface area contributed by atoms with Crippen LogP contribution in [0.3, 0.4) is 0 Å². The Labute approximate surface area is 136 Å². The molecule has 2 N–H and O–H groups in total. The molecule has 0 aliphatic rings. The lowest BCUT2D eigenvalue weighted by Crippen LogP contribution is -2.21. The third-order valence-corrected chi connectivity index (χ3v) is 3.41. The van der Waals surface area contributed by atoms with Crippen LogP contribution in [0.1, 0.15) is 58.3 Å². The molecule has 0 heterocycles. The van der Waals surface area contributed by atoms with Crippen molar-refractivity contribution in [2.45, 2.75) is 64.4 Å². The average molecular weight is 320 g/mol. The largest absolute Gasteiger partial charge is 0.394 e. The molecule has 5 nitrogen and oxygen atoms in total. The number of aliphatic hydroxyl groups is 2. The van der Waals surface area contributed by atoms with Crippen molar-refractivity contribution in [2.75, 3.05) is 46.2 Å². The number of ether oxygens (including phenoxy) is 3. The van der Waals surface area contributed by atoms with Gasteiger partial charge in [-0.05, 0) is 6.42 Å². The summed E-state index contributed by atoms with van der Waals surface area (Å²) in [6.45, 7) is 5.04. The molecule has 0 unspecified atom stereocenters. The van der Waals surface area contributed by atoms with Crippen LogP contribution in [0.25, 0.3) is 0 Å². The monoisotopic (exact) mass is 320 g/mol. The first-order valence-corrected chi connectivity index (χ1v) is 8.83. The Bertz CT molecular complexity index is 201. The fourth-order valence-corrected chi connectivity index (χ4v) is 2.05. The van der Waals surface area contributed by atoms with Gasteiger partial charge in [-0.2, -0.15) is 0 Å². The van der Waals surface area contributed by atoms with E-state index in [1.54, 1.807) is 0 Å². The normalized spacial score (nSPS) is 12.7. The smallest absolute Gasteiger partial charge is 0.100 e. The van der Waals surface area contributed by atoms with Gasteiger partial charge in [-0.15, -0.1) is 0 Å². The van der Waals surface area contributed by atoms with Gasteiger partial charge in [0.2, 0.25) is 0 Å². The van der Waals surface area contributed by atoms with E-state index in [1.807, 2.05) is 0 Å². The van der Waals surface area contributed by atoms with Crippen molar-refractivity contribution in [2.24, 2.45) is 0 Å². The zero-order valence-corrected chi connectivity index (χ0v) is 14.3. The second-order valence-corrected chi connectivity index (χ2v) is 5.61. The van der Waals surface area contributed by atoms with Gasteiger partial charge in [0, 0.05) is 6.61 Å². The molecular formula is C17H36O5. The highest BCUT2D eigenvalue weighted by atomic mass is 16.5. The van der Waals surface area contributed by atoms with Crippen LogP contribution in [-0.2, 0) is 14.2 Å². The van der Waals surface area contributed by atoms with Gasteiger partial charge in [0.15, 0.2) is 0 Å². The highest BCUT2D eigenvalue weighted by molar-refractivity contribution is 4.48. The second kappa shape index (κ2) is 18.8. The molecule has 0 spiro atoms. The van der Waals surface area contributed by atoms with Crippen molar-refractivity contribution < 1.29 is 24.4 Å². The van der Waals surface area contributed by atoms with Crippen molar-refractivity contribution in [3.05, 3.63) is 0 Å². The third kappa shape index (κ3) is 17.9. The van der Waals surface area contributed by atoms with E-state index in [1.165, 1.54) is 44.9 Å². The molecule has 0 aliphatic carbocycles. The lowest BCUT2D eigenvalue weighted by atomic mass is 10.1.